The second-order valence-electron chi connectivity index (χ2n) is 6.27. The van der Waals surface area contributed by atoms with E-state index in [0.29, 0.717) is 0 Å². The molecule has 0 aromatic heterocycles. The fourth-order valence-corrected chi connectivity index (χ4v) is 5.62. The molecule has 0 unspecified atom stereocenters. The van der Waals surface area contributed by atoms with Gasteiger partial charge in [-0.2, -0.15) is 18.2 Å². The van der Waals surface area contributed by atoms with Gasteiger partial charge in [0.15, 0.2) is 0 Å². The number of halogens is 3. The van der Waals surface area contributed by atoms with E-state index in [1.54, 1.807) is 0 Å². The summed E-state index contributed by atoms with van der Waals surface area (Å²) in [5, 5.41) is 6.13. The Hall–Kier alpha value is -1.50. The van der Waals surface area contributed by atoms with Crippen molar-refractivity contribution < 1.29 is 18.9 Å². The van der Waals surface area contributed by atoms with Crippen molar-refractivity contribution in [2.45, 2.75) is 0 Å². The van der Waals surface area contributed by atoms with E-state index in [1.165, 1.54) is 21.5 Å². The van der Waals surface area contributed by atoms with Gasteiger partial charge in [0.05, 0.1) is 0 Å². The smallest absolute Gasteiger partial charge is 0.0771 e. The fraction of sp³-hybridized carbons (Fsp3) is 0. The van der Waals surface area contributed by atoms with Crippen LogP contribution in [0.2, 0.25) is 5.02 Å². The summed E-state index contributed by atoms with van der Waals surface area (Å²) in [6, 6.07) is 36.7. The van der Waals surface area contributed by atoms with E-state index in [1.807, 2.05) is 58.3 Å². The number of fused-ring (bicyclic) bond motifs is 3. The van der Waals surface area contributed by atoms with Crippen molar-refractivity contribution in [3.8, 4) is 0 Å². The first kappa shape index (κ1) is 22.2. The van der Waals surface area contributed by atoms with Gasteiger partial charge in [0.1, 0.15) is 0 Å². The zero-order valence-electron chi connectivity index (χ0n) is 15.6. The molecule has 0 aliphatic carbocycles. The van der Waals surface area contributed by atoms with Gasteiger partial charge in [0.25, 0.3) is 0 Å². The second kappa shape index (κ2) is 11.6. The van der Waals surface area contributed by atoms with Crippen molar-refractivity contribution in [1.82, 2.24) is 0 Å². The van der Waals surface area contributed by atoms with Crippen LogP contribution in [0.1, 0.15) is 5.56 Å². The molecule has 0 amide bonds. The normalized spacial score (nSPS) is 9.90. The van der Waals surface area contributed by atoms with Gasteiger partial charge in [0.2, 0.25) is 0 Å². The Morgan fingerprint density at radius 1 is 0.655 bits per heavy atom. The van der Waals surface area contributed by atoms with Crippen LogP contribution >= 0.6 is 28.6 Å². The summed E-state index contributed by atoms with van der Waals surface area (Å²) in [5.74, 6) is 0. The SMILES string of the molecule is Clc1ccc([CH]=[Zr]([Cl])[Cl])cc1.c1cc[cH-]c1.c1ccc2c(c1)[cH-]c1ccccc12. The monoisotopic (exact) mass is 514 g/mol. The fourth-order valence-electron chi connectivity index (χ4n) is 2.91. The first-order valence-corrected chi connectivity index (χ1v) is 17.2. The molecule has 0 bridgehead atoms. The summed E-state index contributed by atoms with van der Waals surface area (Å²) in [6.07, 6.45) is 0. The van der Waals surface area contributed by atoms with Crippen LogP contribution in [0.4, 0.5) is 0 Å². The third-order valence-corrected chi connectivity index (χ3v) is 7.12. The van der Waals surface area contributed by atoms with Crippen molar-refractivity contribution >= 4 is 53.9 Å². The average molecular weight is 517 g/mol. The summed E-state index contributed by atoms with van der Waals surface area (Å²) in [6.45, 7) is 0. The molecule has 29 heavy (non-hydrogen) atoms. The standard InChI is InChI=1S/C13H9.C7H5Cl.C5H5.2ClH.Zr/c1-3-7-12-10(5-1)9-11-6-2-4-8-13(11)12;1-6-2-4-7(8)5-3-6;1-2-4-5-3-1;;;/h1-9H;1-5H;1-5H;2*1H;/q-1;;-1;;;+2/p-2. The first-order valence-electron chi connectivity index (χ1n) is 9.11. The molecule has 0 aliphatic rings. The zero-order valence-corrected chi connectivity index (χ0v) is 20.3. The molecule has 0 aliphatic heterocycles. The van der Waals surface area contributed by atoms with E-state index >= 15 is 0 Å². The van der Waals surface area contributed by atoms with Gasteiger partial charge in [-0.15, -0.1) is 39.7 Å². The van der Waals surface area contributed by atoms with E-state index in [9.17, 15) is 0 Å². The average Bonchev–Trinajstić information content (AvgIpc) is 3.41. The minimum atomic E-state index is -2.13. The largest absolute Gasteiger partial charge is 0.214 e. The van der Waals surface area contributed by atoms with Crippen LogP contribution < -0.4 is 0 Å². The summed E-state index contributed by atoms with van der Waals surface area (Å²) in [4.78, 5) is 0. The van der Waals surface area contributed by atoms with Crippen molar-refractivity contribution in [2.75, 3.05) is 0 Å². The van der Waals surface area contributed by atoms with Crippen molar-refractivity contribution in [2.24, 2.45) is 0 Å². The molecule has 0 spiro atoms. The van der Waals surface area contributed by atoms with Gasteiger partial charge in [-0.1, -0.05) is 36.4 Å². The molecule has 146 valence electrons. The minimum Gasteiger partial charge on any atom is -0.214 e. The van der Waals surface area contributed by atoms with E-state index in [-0.39, 0.29) is 0 Å². The van der Waals surface area contributed by atoms with Crippen LogP contribution in [-0.4, -0.2) is 3.71 Å². The molecule has 0 saturated heterocycles. The third-order valence-electron chi connectivity index (χ3n) is 4.22. The maximum Gasteiger partial charge on any atom is -0.0771 e. The molecule has 0 atom stereocenters. The van der Waals surface area contributed by atoms with Gasteiger partial charge in [-0.05, 0) is 0 Å². The summed E-state index contributed by atoms with van der Waals surface area (Å²) in [5.41, 5.74) is 1.06. The Bertz CT molecular complexity index is 1100. The minimum absolute atomic E-state index is 0.733. The van der Waals surface area contributed by atoms with E-state index in [2.05, 4.69) is 54.6 Å². The Morgan fingerprint density at radius 2 is 1.17 bits per heavy atom. The molecule has 0 radical (unpaired) electrons. The maximum absolute atomic E-state index is 5.73. The van der Waals surface area contributed by atoms with Crippen LogP contribution in [0.25, 0.3) is 21.5 Å². The van der Waals surface area contributed by atoms with Gasteiger partial charge in [0, 0.05) is 0 Å². The molecular formula is C25H19Cl3Zr-2. The van der Waals surface area contributed by atoms with Crippen LogP contribution in [0.15, 0.2) is 109 Å². The number of rotatable bonds is 1. The Balaban J connectivity index is 0.000000136. The second-order valence-corrected chi connectivity index (χ2v) is 14.8. The molecule has 0 saturated carbocycles. The van der Waals surface area contributed by atoms with Gasteiger partial charge in [-0.25, -0.2) is 12.1 Å². The molecule has 5 aromatic carbocycles. The Kier molecular flexibility index (Phi) is 8.90. The summed E-state index contributed by atoms with van der Waals surface area (Å²) in [7, 11) is 11.5. The molecule has 5 aromatic rings. The Morgan fingerprint density at radius 3 is 1.62 bits per heavy atom. The van der Waals surface area contributed by atoms with E-state index in [4.69, 9.17) is 28.6 Å². The molecule has 0 N–H and O–H groups in total. The van der Waals surface area contributed by atoms with Crippen molar-refractivity contribution in [3.63, 3.8) is 0 Å². The Labute approximate surface area is 191 Å². The van der Waals surface area contributed by atoms with Crippen LogP contribution in [0, 0.1) is 0 Å². The molecule has 0 nitrogen and oxygen atoms in total. The van der Waals surface area contributed by atoms with Crippen molar-refractivity contribution in [1.29, 1.82) is 0 Å². The summed E-state index contributed by atoms with van der Waals surface area (Å²) < 4.78 is 1.93. The predicted molar refractivity (Wildman–Crippen MR) is 127 cm³/mol. The molecule has 5 rings (SSSR count). The van der Waals surface area contributed by atoms with Gasteiger partial charge >= 0.3 is 86.1 Å². The van der Waals surface area contributed by atoms with E-state index < -0.39 is 18.9 Å². The van der Waals surface area contributed by atoms with Gasteiger partial charge in [-0.3, -0.25) is 0 Å². The first-order chi connectivity index (χ1) is 14.1. The molecule has 0 fully saturated rings. The zero-order chi connectivity index (χ0) is 20.5. The van der Waals surface area contributed by atoms with Crippen LogP contribution in [0.3, 0.4) is 0 Å². The maximum atomic E-state index is 5.73. The molecular weight excluding hydrogens is 498 g/mol. The van der Waals surface area contributed by atoms with Gasteiger partial charge < -0.3 is 0 Å². The van der Waals surface area contributed by atoms with Crippen LogP contribution in [-0.2, 0) is 18.9 Å². The molecule has 0 heterocycles. The number of benzene rings is 3. The number of hydrogen-bond acceptors (Lipinski definition) is 0. The summed E-state index contributed by atoms with van der Waals surface area (Å²) >= 11 is 3.56. The molecule has 4 heteroatoms. The quantitative estimate of drug-likeness (QED) is 0.196. The third kappa shape index (κ3) is 7.05. The topological polar surface area (TPSA) is 0 Å². The number of hydrogen-bond donors (Lipinski definition) is 0. The predicted octanol–water partition coefficient (Wildman–Crippen LogP) is 8.53. The van der Waals surface area contributed by atoms with Crippen molar-refractivity contribution in [3.05, 3.63) is 120 Å². The van der Waals surface area contributed by atoms with Crippen LogP contribution in [0.5, 0.6) is 0 Å². The van der Waals surface area contributed by atoms with E-state index in [0.717, 1.165) is 10.6 Å².